The molecule has 6 heteroatoms. The van der Waals surface area contributed by atoms with Gasteiger partial charge in [-0.05, 0) is 42.5 Å². The lowest BCUT2D eigenvalue weighted by Gasteiger charge is -2.47. The van der Waals surface area contributed by atoms with E-state index in [9.17, 15) is 14.0 Å². The fourth-order valence-electron chi connectivity index (χ4n) is 4.57. The van der Waals surface area contributed by atoms with Crippen LogP contribution in [0.3, 0.4) is 0 Å². The minimum Gasteiger partial charge on any atom is -0.342 e. The molecule has 0 aliphatic carbocycles. The number of pyridine rings is 1. The summed E-state index contributed by atoms with van der Waals surface area (Å²) in [6, 6.07) is 12.5. The molecule has 2 amide bonds. The van der Waals surface area contributed by atoms with E-state index in [1.54, 1.807) is 24.4 Å². The van der Waals surface area contributed by atoms with Crippen molar-refractivity contribution in [3.05, 3.63) is 65.7 Å². The van der Waals surface area contributed by atoms with E-state index in [0.717, 1.165) is 25.0 Å². The molecule has 2 aromatic rings. The van der Waals surface area contributed by atoms with Gasteiger partial charge in [0.15, 0.2) is 0 Å². The van der Waals surface area contributed by atoms with Crippen molar-refractivity contribution in [1.82, 2.24) is 14.8 Å². The van der Waals surface area contributed by atoms with Gasteiger partial charge < -0.3 is 9.80 Å². The number of fused-ring (bicyclic) bond motifs is 1. The number of amides is 2. The third-order valence-corrected chi connectivity index (χ3v) is 6.13. The first-order valence-electron chi connectivity index (χ1n) is 10.3. The van der Waals surface area contributed by atoms with Crippen LogP contribution in [0.25, 0.3) is 0 Å². The predicted octanol–water partition coefficient (Wildman–Crippen LogP) is 2.85. The van der Waals surface area contributed by atoms with Crippen molar-refractivity contribution in [3.63, 3.8) is 0 Å². The molecule has 2 fully saturated rings. The van der Waals surface area contributed by atoms with Crippen LogP contribution >= 0.6 is 0 Å². The second kappa shape index (κ2) is 8.72. The highest BCUT2D eigenvalue weighted by atomic mass is 19.1. The fraction of sp³-hybridized carbons (Fsp3) is 0.435. The highest BCUT2D eigenvalue weighted by Crippen LogP contribution is 2.31. The average Bonchev–Trinajstić information content (AvgIpc) is 2.75. The van der Waals surface area contributed by atoms with E-state index < -0.39 is 0 Å². The Bertz CT molecular complexity index is 873. The van der Waals surface area contributed by atoms with Gasteiger partial charge in [-0.3, -0.25) is 14.6 Å². The van der Waals surface area contributed by atoms with Gasteiger partial charge in [0.05, 0.1) is 6.42 Å². The molecule has 2 saturated heterocycles. The third kappa shape index (κ3) is 4.47. The summed E-state index contributed by atoms with van der Waals surface area (Å²) in [6.45, 7) is 1.92. The van der Waals surface area contributed by atoms with Gasteiger partial charge in [-0.25, -0.2) is 4.39 Å². The first-order chi connectivity index (χ1) is 14.1. The SMILES string of the molecule is O=C(Cc1ccccc1F)N1CC[C@@H]2[C@@H](CCC(=O)N2CCc2ccccn2)C1. The summed E-state index contributed by atoms with van der Waals surface area (Å²) in [5, 5.41) is 0. The van der Waals surface area contributed by atoms with Gasteiger partial charge in [-0.15, -0.1) is 0 Å². The van der Waals surface area contributed by atoms with Gasteiger partial charge in [-0.2, -0.15) is 0 Å². The summed E-state index contributed by atoms with van der Waals surface area (Å²) >= 11 is 0. The lowest BCUT2D eigenvalue weighted by molar-refractivity contribution is -0.144. The first kappa shape index (κ1) is 19.6. The molecule has 1 aromatic carbocycles. The van der Waals surface area contributed by atoms with Crippen LogP contribution in [0.5, 0.6) is 0 Å². The topological polar surface area (TPSA) is 53.5 Å². The minimum absolute atomic E-state index is 0.0366. The number of halogens is 1. The molecule has 0 saturated carbocycles. The number of hydrogen-bond acceptors (Lipinski definition) is 3. The van der Waals surface area contributed by atoms with Crippen molar-refractivity contribution in [2.45, 2.75) is 38.1 Å². The number of piperidine rings is 2. The van der Waals surface area contributed by atoms with Crippen LogP contribution in [0, 0.1) is 11.7 Å². The zero-order valence-electron chi connectivity index (χ0n) is 16.5. The second-order valence-corrected chi connectivity index (χ2v) is 7.92. The molecular formula is C23H26FN3O2. The van der Waals surface area contributed by atoms with Gasteiger partial charge in [0.1, 0.15) is 5.82 Å². The van der Waals surface area contributed by atoms with Crippen molar-refractivity contribution in [3.8, 4) is 0 Å². The van der Waals surface area contributed by atoms with E-state index >= 15 is 0 Å². The summed E-state index contributed by atoms with van der Waals surface area (Å²) in [5.74, 6) is 0.119. The Morgan fingerprint density at radius 1 is 1.14 bits per heavy atom. The Kier molecular flexibility index (Phi) is 5.88. The molecule has 3 heterocycles. The largest absolute Gasteiger partial charge is 0.342 e. The van der Waals surface area contributed by atoms with E-state index in [1.165, 1.54) is 6.07 Å². The Morgan fingerprint density at radius 3 is 2.76 bits per heavy atom. The number of aromatic nitrogens is 1. The molecule has 0 radical (unpaired) electrons. The molecule has 5 nitrogen and oxygen atoms in total. The van der Waals surface area contributed by atoms with Crippen LogP contribution in [0.2, 0.25) is 0 Å². The minimum atomic E-state index is -0.334. The molecule has 0 N–H and O–H groups in total. The van der Waals surface area contributed by atoms with Crippen LogP contribution in [-0.2, 0) is 22.4 Å². The Labute approximate surface area is 170 Å². The highest BCUT2D eigenvalue weighted by Gasteiger charge is 2.40. The Hall–Kier alpha value is -2.76. The lowest BCUT2D eigenvalue weighted by atomic mass is 9.83. The second-order valence-electron chi connectivity index (χ2n) is 7.92. The molecule has 0 bridgehead atoms. The molecule has 152 valence electrons. The third-order valence-electron chi connectivity index (χ3n) is 6.13. The summed E-state index contributed by atoms with van der Waals surface area (Å²) < 4.78 is 13.9. The maximum atomic E-state index is 13.9. The standard InChI is InChI=1S/C23H26FN3O2/c24-20-7-2-1-5-17(20)15-23(29)26-13-11-21-18(16-26)8-9-22(28)27(21)14-10-19-6-3-4-12-25-19/h1-7,12,18,21H,8-11,13-16H2/t18-,21+/m0/s1. The van der Waals surface area contributed by atoms with E-state index in [-0.39, 0.29) is 36.0 Å². The summed E-state index contributed by atoms with van der Waals surface area (Å²) in [6.07, 6.45) is 4.72. The van der Waals surface area contributed by atoms with Crippen LogP contribution in [0.4, 0.5) is 4.39 Å². The van der Waals surface area contributed by atoms with Crippen molar-refractivity contribution < 1.29 is 14.0 Å². The molecule has 2 aliphatic rings. The van der Waals surface area contributed by atoms with Crippen molar-refractivity contribution in [2.75, 3.05) is 19.6 Å². The number of carbonyl (C=O) groups is 2. The van der Waals surface area contributed by atoms with E-state index in [1.807, 2.05) is 28.0 Å². The maximum Gasteiger partial charge on any atom is 0.227 e. The lowest BCUT2D eigenvalue weighted by Crippen LogP contribution is -2.57. The Balaban J connectivity index is 1.37. The zero-order valence-corrected chi connectivity index (χ0v) is 16.5. The number of benzene rings is 1. The van der Waals surface area contributed by atoms with Gasteiger partial charge >= 0.3 is 0 Å². The van der Waals surface area contributed by atoms with Crippen LogP contribution in [-0.4, -0.2) is 52.3 Å². The molecule has 2 aliphatic heterocycles. The van der Waals surface area contributed by atoms with Crippen LogP contribution in [0.1, 0.15) is 30.5 Å². The monoisotopic (exact) mass is 395 g/mol. The molecule has 0 unspecified atom stereocenters. The summed E-state index contributed by atoms with van der Waals surface area (Å²) in [7, 11) is 0. The van der Waals surface area contributed by atoms with Gasteiger partial charge in [0, 0.05) is 50.4 Å². The molecular weight excluding hydrogens is 369 g/mol. The molecule has 2 atom stereocenters. The van der Waals surface area contributed by atoms with E-state index in [0.29, 0.717) is 31.6 Å². The highest BCUT2D eigenvalue weighted by molar-refractivity contribution is 5.80. The van der Waals surface area contributed by atoms with Crippen LogP contribution in [0.15, 0.2) is 48.7 Å². The van der Waals surface area contributed by atoms with Gasteiger partial charge in [0.2, 0.25) is 11.8 Å². The smallest absolute Gasteiger partial charge is 0.227 e. The number of hydrogen-bond donors (Lipinski definition) is 0. The number of nitrogens with zero attached hydrogens (tertiary/aromatic N) is 3. The maximum absolute atomic E-state index is 13.9. The van der Waals surface area contributed by atoms with Crippen LogP contribution < -0.4 is 0 Å². The Morgan fingerprint density at radius 2 is 1.97 bits per heavy atom. The molecule has 29 heavy (non-hydrogen) atoms. The van der Waals surface area contributed by atoms with Gasteiger partial charge in [0.25, 0.3) is 0 Å². The van der Waals surface area contributed by atoms with Gasteiger partial charge in [-0.1, -0.05) is 24.3 Å². The fourth-order valence-corrected chi connectivity index (χ4v) is 4.57. The van der Waals surface area contributed by atoms with E-state index in [2.05, 4.69) is 4.98 Å². The van der Waals surface area contributed by atoms with Crippen molar-refractivity contribution >= 4 is 11.8 Å². The number of likely N-dealkylation sites (tertiary alicyclic amines) is 2. The van der Waals surface area contributed by atoms with Crippen molar-refractivity contribution in [2.24, 2.45) is 5.92 Å². The normalized spacial score (nSPS) is 21.8. The molecule has 4 rings (SSSR count). The zero-order chi connectivity index (χ0) is 20.2. The summed E-state index contributed by atoms with van der Waals surface area (Å²) in [5.41, 5.74) is 1.43. The number of carbonyl (C=O) groups excluding carboxylic acids is 2. The quantitative estimate of drug-likeness (QED) is 0.782. The molecule has 1 aromatic heterocycles. The average molecular weight is 395 g/mol. The first-order valence-corrected chi connectivity index (χ1v) is 10.3. The van der Waals surface area contributed by atoms with Crippen molar-refractivity contribution in [1.29, 1.82) is 0 Å². The number of rotatable bonds is 5. The predicted molar refractivity (Wildman–Crippen MR) is 107 cm³/mol. The van der Waals surface area contributed by atoms with E-state index in [4.69, 9.17) is 0 Å². The molecule has 0 spiro atoms. The summed E-state index contributed by atoms with van der Waals surface area (Å²) in [4.78, 5) is 33.5.